The Balaban J connectivity index is 0.999. The molecule has 60 heavy (non-hydrogen) atoms. The van der Waals surface area contributed by atoms with Crippen LogP contribution in [-0.4, -0.2) is 99.9 Å². The number of nitrogens with one attached hydrogen (secondary N) is 5. The molecule has 5 aromatic rings. The summed E-state index contributed by atoms with van der Waals surface area (Å²) in [6, 6.07) is 17.8. The van der Waals surface area contributed by atoms with E-state index in [0.717, 1.165) is 71.3 Å². The van der Waals surface area contributed by atoms with Crippen molar-refractivity contribution >= 4 is 24.0 Å². The predicted octanol–water partition coefficient (Wildman–Crippen LogP) is 6.02. The molecule has 3 aromatic heterocycles. The van der Waals surface area contributed by atoms with Gasteiger partial charge in [-0.1, -0.05) is 61.4 Å². The normalized spacial score (nSPS) is 19.3. The number of rotatable bonds is 10. The number of amides is 4. The third-order valence-corrected chi connectivity index (χ3v) is 11.0. The fourth-order valence-corrected chi connectivity index (χ4v) is 7.72. The number of aromatic nitrogens is 5. The fourth-order valence-electron chi connectivity index (χ4n) is 7.72. The highest BCUT2D eigenvalue weighted by atomic mass is 16.5. The van der Waals surface area contributed by atoms with E-state index in [0.29, 0.717) is 50.7 Å². The Hall–Kier alpha value is -6.55. The molecule has 0 radical (unpaired) electrons. The van der Waals surface area contributed by atoms with Crippen LogP contribution in [0, 0.1) is 0 Å². The SMILES string of the molecule is COC(=O)N[C@H]1CCCCCOCC[C@@H](c2ncc(-c3ccc(-c4ccc(-c5cnc([C@@H]6CCCN6C(=O)[C@H](Cc6ccncc6)NC(=O)OC)[nH]5)cc4)cc3)[nH]2)NC1=O. The van der Waals surface area contributed by atoms with Crippen molar-refractivity contribution in [3.63, 3.8) is 0 Å². The zero-order valence-electron chi connectivity index (χ0n) is 33.8. The summed E-state index contributed by atoms with van der Waals surface area (Å²) < 4.78 is 15.4. The molecule has 0 unspecified atom stereocenters. The molecule has 4 amide bonds. The molecular formula is C44H51N9O7. The van der Waals surface area contributed by atoms with E-state index in [1.54, 1.807) is 29.7 Å². The number of methoxy groups -OCH3 is 2. The summed E-state index contributed by atoms with van der Waals surface area (Å²) in [6.07, 6.45) is 11.0. The van der Waals surface area contributed by atoms with Gasteiger partial charge in [-0.2, -0.15) is 0 Å². The van der Waals surface area contributed by atoms with Crippen LogP contribution in [0.1, 0.15) is 74.2 Å². The summed E-state index contributed by atoms with van der Waals surface area (Å²) in [4.78, 5) is 73.4. The van der Waals surface area contributed by atoms with E-state index in [4.69, 9.17) is 19.2 Å². The van der Waals surface area contributed by atoms with Crippen molar-refractivity contribution in [2.45, 2.75) is 75.5 Å². The number of carbonyl (C=O) groups excluding carboxylic acids is 4. The molecule has 0 bridgehead atoms. The van der Waals surface area contributed by atoms with E-state index in [1.165, 1.54) is 14.2 Å². The first-order chi connectivity index (χ1) is 29.3. The Kier molecular flexibility index (Phi) is 13.8. The van der Waals surface area contributed by atoms with Gasteiger partial charge in [0.05, 0.1) is 50.1 Å². The Morgan fingerprint density at radius 3 is 2.07 bits per heavy atom. The van der Waals surface area contributed by atoms with Crippen molar-refractivity contribution in [3.8, 4) is 33.6 Å². The quantitative estimate of drug-likeness (QED) is 0.111. The number of pyridine rings is 1. The smallest absolute Gasteiger partial charge is 0.407 e. The lowest BCUT2D eigenvalue weighted by Crippen LogP contribution is -2.49. The van der Waals surface area contributed by atoms with Crippen molar-refractivity contribution in [2.24, 2.45) is 0 Å². The topological polar surface area (TPSA) is 206 Å². The number of imidazole rings is 2. The van der Waals surface area contributed by atoms with E-state index < -0.39 is 30.3 Å². The molecule has 2 aliphatic rings. The van der Waals surface area contributed by atoms with Crippen LogP contribution in [0.4, 0.5) is 9.59 Å². The van der Waals surface area contributed by atoms with Gasteiger partial charge >= 0.3 is 12.2 Å². The first kappa shape index (κ1) is 41.6. The number of alkyl carbamates (subject to hydrolysis) is 2. The number of ether oxygens (including phenoxy) is 3. The summed E-state index contributed by atoms with van der Waals surface area (Å²) in [7, 11) is 2.56. The second-order valence-corrected chi connectivity index (χ2v) is 15.0. The third kappa shape index (κ3) is 10.4. The molecule has 5 N–H and O–H groups in total. The van der Waals surface area contributed by atoms with Gasteiger partial charge in [-0.05, 0) is 72.1 Å². The Labute approximate surface area is 348 Å². The van der Waals surface area contributed by atoms with E-state index in [1.807, 2.05) is 36.4 Å². The minimum atomic E-state index is -0.805. The van der Waals surface area contributed by atoms with E-state index in [-0.39, 0.29) is 17.9 Å². The lowest BCUT2D eigenvalue weighted by atomic mass is 10.0. The van der Waals surface area contributed by atoms with E-state index in [9.17, 15) is 19.2 Å². The van der Waals surface area contributed by atoms with Crippen LogP contribution in [0.3, 0.4) is 0 Å². The maximum absolute atomic E-state index is 13.9. The van der Waals surface area contributed by atoms with Gasteiger partial charge in [-0.25, -0.2) is 19.6 Å². The van der Waals surface area contributed by atoms with Crippen molar-refractivity contribution in [3.05, 3.63) is 103 Å². The Morgan fingerprint density at radius 2 is 1.40 bits per heavy atom. The van der Waals surface area contributed by atoms with E-state index in [2.05, 4.69) is 60.2 Å². The highest BCUT2D eigenvalue weighted by Crippen LogP contribution is 2.33. The minimum absolute atomic E-state index is 0.194. The van der Waals surface area contributed by atoms with Crippen molar-refractivity contribution in [2.75, 3.05) is 34.0 Å². The van der Waals surface area contributed by atoms with Crippen LogP contribution in [0.15, 0.2) is 85.5 Å². The second-order valence-electron chi connectivity index (χ2n) is 15.0. The molecule has 2 aliphatic heterocycles. The molecule has 314 valence electrons. The number of carbonyl (C=O) groups is 4. The highest BCUT2D eigenvalue weighted by molar-refractivity contribution is 5.87. The molecule has 16 heteroatoms. The van der Waals surface area contributed by atoms with Gasteiger partial charge in [0.2, 0.25) is 11.8 Å². The summed E-state index contributed by atoms with van der Waals surface area (Å²) in [5, 5.41) is 8.45. The largest absolute Gasteiger partial charge is 0.453 e. The van der Waals surface area contributed by atoms with Crippen LogP contribution < -0.4 is 16.0 Å². The first-order valence-electron chi connectivity index (χ1n) is 20.4. The average molecular weight is 818 g/mol. The van der Waals surface area contributed by atoms with Crippen molar-refractivity contribution < 1.29 is 33.4 Å². The number of hydrogen-bond acceptors (Lipinski definition) is 10. The lowest BCUT2D eigenvalue weighted by molar-refractivity contribution is -0.134. The zero-order valence-corrected chi connectivity index (χ0v) is 33.8. The second kappa shape index (κ2) is 19.9. The van der Waals surface area contributed by atoms with Crippen LogP contribution >= 0.6 is 0 Å². The summed E-state index contributed by atoms with van der Waals surface area (Å²) >= 11 is 0. The summed E-state index contributed by atoms with van der Waals surface area (Å²) in [5.41, 5.74) is 6.47. The standard InChI is InChI=1S/C44H51N9O7/c1-58-43(56)51-34-7-4-3-5-23-60-24-19-33(50-41(34)54)39-46-26-36(48-39)31-13-9-29(10-14-31)30-11-15-32(16-12-30)37-27-47-40(49-37)38-8-6-22-53(38)42(55)35(52-44(57)59-2)25-28-17-20-45-21-18-28/h9-18,20-21,26-27,33-35,38H,3-8,19,22-25H2,1-2H3,(H,46,48)(H,47,49)(H,50,54)(H,51,56)(H,52,57)/t33-,34-,35-,38-/m0/s1. The first-order valence-corrected chi connectivity index (χ1v) is 20.4. The number of nitrogens with zero attached hydrogens (tertiary/aromatic N) is 4. The van der Waals surface area contributed by atoms with Gasteiger partial charge < -0.3 is 45.0 Å². The van der Waals surface area contributed by atoms with Crippen LogP contribution in [0.2, 0.25) is 0 Å². The Morgan fingerprint density at radius 1 is 0.767 bits per heavy atom. The van der Waals surface area contributed by atoms with Gasteiger partial charge in [0.1, 0.15) is 23.7 Å². The van der Waals surface area contributed by atoms with Gasteiger partial charge in [-0.3, -0.25) is 14.6 Å². The molecule has 2 fully saturated rings. The molecule has 2 aromatic carbocycles. The number of benzene rings is 2. The van der Waals surface area contributed by atoms with Gasteiger partial charge in [0.25, 0.3) is 0 Å². The molecule has 7 rings (SSSR count). The maximum Gasteiger partial charge on any atom is 0.407 e. The lowest BCUT2D eigenvalue weighted by Gasteiger charge is -2.28. The molecule has 0 aliphatic carbocycles. The van der Waals surface area contributed by atoms with Crippen molar-refractivity contribution in [1.29, 1.82) is 0 Å². The number of aromatic amines is 2. The molecular weight excluding hydrogens is 767 g/mol. The van der Waals surface area contributed by atoms with Crippen LogP contribution in [0.25, 0.3) is 33.6 Å². The van der Waals surface area contributed by atoms with Crippen LogP contribution in [0.5, 0.6) is 0 Å². The molecule has 0 saturated carbocycles. The third-order valence-electron chi connectivity index (χ3n) is 11.0. The highest BCUT2D eigenvalue weighted by Gasteiger charge is 2.36. The maximum atomic E-state index is 13.9. The monoisotopic (exact) mass is 817 g/mol. The van der Waals surface area contributed by atoms with Gasteiger partial charge in [0.15, 0.2) is 0 Å². The minimum Gasteiger partial charge on any atom is -0.453 e. The molecule has 2 saturated heterocycles. The van der Waals surface area contributed by atoms with Crippen LogP contribution in [-0.2, 0) is 30.2 Å². The fraction of sp³-hybridized carbons (Fsp3) is 0.386. The number of likely N-dealkylation sites (tertiary alicyclic amines) is 1. The predicted molar refractivity (Wildman–Crippen MR) is 222 cm³/mol. The van der Waals surface area contributed by atoms with Crippen molar-refractivity contribution in [1.82, 2.24) is 45.8 Å². The number of H-pyrrole nitrogens is 2. The summed E-state index contributed by atoms with van der Waals surface area (Å²) in [6.45, 7) is 1.64. The molecule has 0 spiro atoms. The molecule has 4 atom stereocenters. The number of hydrogen-bond donors (Lipinski definition) is 5. The molecule has 16 nitrogen and oxygen atoms in total. The summed E-state index contributed by atoms with van der Waals surface area (Å²) in [5.74, 6) is 0.809. The van der Waals surface area contributed by atoms with Gasteiger partial charge in [0, 0.05) is 38.6 Å². The average Bonchev–Trinajstić information content (AvgIpc) is 4.08. The zero-order chi connectivity index (χ0) is 41.8. The van der Waals surface area contributed by atoms with E-state index >= 15 is 0 Å². The Bertz CT molecular complexity index is 2210. The van der Waals surface area contributed by atoms with Gasteiger partial charge in [-0.15, -0.1) is 0 Å². The molecule has 5 heterocycles.